The summed E-state index contributed by atoms with van der Waals surface area (Å²) in [5, 5.41) is 5.03. The number of primary sulfonamides is 1. The van der Waals surface area contributed by atoms with Crippen molar-refractivity contribution in [2.75, 3.05) is 6.61 Å². The highest BCUT2D eigenvalue weighted by atomic mass is 32.2. The third-order valence-electron chi connectivity index (χ3n) is 2.38. The molecule has 0 aliphatic carbocycles. The SMILES string of the molecule is CCOc1ccc(-c2ccc(S(N)(=O)=O)s2)cc1F. The Morgan fingerprint density at radius 3 is 2.58 bits per heavy atom. The fourth-order valence-corrected chi connectivity index (χ4v) is 3.28. The van der Waals surface area contributed by atoms with E-state index in [0.717, 1.165) is 11.3 Å². The van der Waals surface area contributed by atoms with Gasteiger partial charge >= 0.3 is 0 Å². The number of nitrogens with two attached hydrogens (primary N) is 1. The lowest BCUT2D eigenvalue weighted by Gasteiger charge is -2.05. The average Bonchev–Trinajstić information content (AvgIpc) is 2.81. The zero-order valence-electron chi connectivity index (χ0n) is 10.1. The number of sulfonamides is 1. The van der Waals surface area contributed by atoms with Gasteiger partial charge in [-0.2, -0.15) is 0 Å². The number of rotatable bonds is 4. The zero-order valence-corrected chi connectivity index (χ0v) is 11.7. The molecule has 0 saturated heterocycles. The van der Waals surface area contributed by atoms with Gasteiger partial charge in [-0.05, 0) is 42.8 Å². The normalized spacial score (nSPS) is 11.5. The number of ether oxygens (including phenoxy) is 1. The summed E-state index contributed by atoms with van der Waals surface area (Å²) in [6, 6.07) is 7.50. The topological polar surface area (TPSA) is 69.4 Å². The fourth-order valence-electron chi connectivity index (χ4n) is 1.55. The number of hydrogen-bond donors (Lipinski definition) is 1. The Morgan fingerprint density at radius 1 is 1.32 bits per heavy atom. The molecule has 19 heavy (non-hydrogen) atoms. The van der Waals surface area contributed by atoms with Crippen LogP contribution < -0.4 is 9.88 Å². The van der Waals surface area contributed by atoms with Crippen molar-refractivity contribution in [3.05, 3.63) is 36.1 Å². The third kappa shape index (κ3) is 3.12. The molecule has 0 saturated carbocycles. The summed E-state index contributed by atoms with van der Waals surface area (Å²) in [6.45, 7) is 2.15. The van der Waals surface area contributed by atoms with E-state index >= 15 is 0 Å². The van der Waals surface area contributed by atoms with Crippen LogP contribution in [0.1, 0.15) is 6.92 Å². The van der Waals surface area contributed by atoms with E-state index in [0.29, 0.717) is 17.0 Å². The first-order valence-electron chi connectivity index (χ1n) is 5.47. The smallest absolute Gasteiger partial charge is 0.247 e. The van der Waals surface area contributed by atoms with Gasteiger partial charge in [-0.3, -0.25) is 0 Å². The van der Waals surface area contributed by atoms with Crippen LogP contribution in [-0.2, 0) is 10.0 Å². The summed E-state index contributed by atoms with van der Waals surface area (Å²) in [5.74, 6) is -0.306. The summed E-state index contributed by atoms with van der Waals surface area (Å²) in [4.78, 5) is 0.631. The molecule has 0 radical (unpaired) electrons. The molecule has 2 N–H and O–H groups in total. The number of benzene rings is 1. The monoisotopic (exact) mass is 301 g/mol. The molecule has 1 aromatic carbocycles. The van der Waals surface area contributed by atoms with E-state index in [1.165, 1.54) is 18.2 Å². The minimum atomic E-state index is -3.72. The maximum absolute atomic E-state index is 13.7. The summed E-state index contributed by atoms with van der Waals surface area (Å²) in [6.07, 6.45) is 0. The minimum Gasteiger partial charge on any atom is -0.491 e. The van der Waals surface area contributed by atoms with E-state index in [4.69, 9.17) is 9.88 Å². The molecule has 0 fully saturated rings. The summed E-state index contributed by atoms with van der Waals surface area (Å²) >= 11 is 1.00. The Morgan fingerprint density at radius 2 is 2.05 bits per heavy atom. The van der Waals surface area contributed by atoms with Crippen LogP contribution in [0.4, 0.5) is 4.39 Å². The summed E-state index contributed by atoms with van der Waals surface area (Å²) in [7, 11) is -3.72. The average molecular weight is 301 g/mol. The fraction of sp³-hybridized carbons (Fsp3) is 0.167. The number of halogens is 1. The third-order valence-corrected chi connectivity index (χ3v) is 4.95. The van der Waals surface area contributed by atoms with Crippen molar-refractivity contribution in [2.24, 2.45) is 5.14 Å². The largest absolute Gasteiger partial charge is 0.491 e. The first-order chi connectivity index (χ1) is 8.91. The van der Waals surface area contributed by atoms with Gasteiger partial charge in [0.15, 0.2) is 11.6 Å². The molecule has 2 rings (SSSR count). The molecule has 0 spiro atoms. The first-order valence-corrected chi connectivity index (χ1v) is 7.83. The highest BCUT2D eigenvalue weighted by Crippen LogP contribution is 2.32. The van der Waals surface area contributed by atoms with Gasteiger partial charge in [0, 0.05) is 4.88 Å². The van der Waals surface area contributed by atoms with Crippen molar-refractivity contribution in [3.63, 3.8) is 0 Å². The molecule has 0 aliphatic rings. The number of hydrogen-bond acceptors (Lipinski definition) is 4. The van der Waals surface area contributed by atoms with Gasteiger partial charge in [0.25, 0.3) is 0 Å². The van der Waals surface area contributed by atoms with Crippen molar-refractivity contribution in [2.45, 2.75) is 11.1 Å². The van der Waals surface area contributed by atoms with Crippen LogP contribution >= 0.6 is 11.3 Å². The molecule has 2 aromatic rings. The maximum atomic E-state index is 13.7. The quantitative estimate of drug-likeness (QED) is 0.943. The van der Waals surface area contributed by atoms with E-state index in [1.807, 2.05) is 0 Å². The Bertz CT molecular complexity index is 695. The van der Waals surface area contributed by atoms with Gasteiger partial charge in [0.2, 0.25) is 10.0 Å². The Hall–Kier alpha value is -1.44. The van der Waals surface area contributed by atoms with Crippen molar-refractivity contribution in [3.8, 4) is 16.2 Å². The second-order valence-corrected chi connectivity index (χ2v) is 6.61. The Labute approximate surface area is 114 Å². The van der Waals surface area contributed by atoms with Crippen LogP contribution in [0.25, 0.3) is 10.4 Å². The van der Waals surface area contributed by atoms with Crippen LogP contribution in [0.3, 0.4) is 0 Å². The van der Waals surface area contributed by atoms with E-state index in [9.17, 15) is 12.8 Å². The number of thiophene rings is 1. The van der Waals surface area contributed by atoms with E-state index in [2.05, 4.69) is 0 Å². The molecule has 0 unspecified atom stereocenters. The highest BCUT2D eigenvalue weighted by Gasteiger charge is 2.13. The second kappa shape index (κ2) is 5.28. The zero-order chi connectivity index (χ0) is 14.0. The lowest BCUT2D eigenvalue weighted by atomic mass is 10.2. The summed E-state index contributed by atoms with van der Waals surface area (Å²) in [5.41, 5.74) is 0.584. The van der Waals surface area contributed by atoms with Gasteiger partial charge in [-0.15, -0.1) is 11.3 Å². The molecule has 4 nitrogen and oxygen atoms in total. The molecule has 102 valence electrons. The lowest BCUT2D eigenvalue weighted by molar-refractivity contribution is 0.321. The van der Waals surface area contributed by atoms with Gasteiger partial charge < -0.3 is 4.74 Å². The van der Waals surface area contributed by atoms with Crippen molar-refractivity contribution < 1.29 is 17.5 Å². The molecule has 0 amide bonds. The first kappa shape index (κ1) is 14.0. The van der Waals surface area contributed by atoms with E-state index in [-0.39, 0.29) is 9.96 Å². The molecule has 0 bridgehead atoms. The summed E-state index contributed by atoms with van der Waals surface area (Å²) < 4.78 is 41.2. The highest BCUT2D eigenvalue weighted by molar-refractivity contribution is 7.91. The molecular formula is C12H12FNO3S2. The Kier molecular flexibility index (Phi) is 3.88. The second-order valence-electron chi connectivity index (χ2n) is 3.74. The van der Waals surface area contributed by atoms with Crippen LogP contribution in [0.2, 0.25) is 0 Å². The minimum absolute atomic E-state index is 0.0526. The lowest BCUT2D eigenvalue weighted by Crippen LogP contribution is -2.09. The molecule has 7 heteroatoms. The van der Waals surface area contributed by atoms with Crippen molar-refractivity contribution >= 4 is 21.4 Å². The van der Waals surface area contributed by atoms with Crippen molar-refractivity contribution in [1.29, 1.82) is 0 Å². The van der Waals surface area contributed by atoms with Crippen LogP contribution in [0, 0.1) is 5.82 Å². The molecule has 1 aromatic heterocycles. The van der Waals surface area contributed by atoms with E-state index in [1.54, 1.807) is 19.1 Å². The van der Waals surface area contributed by atoms with Gasteiger partial charge in [-0.1, -0.05) is 0 Å². The standard InChI is InChI=1S/C12H12FNO3S2/c1-2-17-10-4-3-8(7-9(10)13)11-5-6-12(18-11)19(14,15)16/h3-7H,2H2,1H3,(H2,14,15,16). The maximum Gasteiger partial charge on any atom is 0.247 e. The van der Waals surface area contributed by atoms with Crippen LogP contribution in [-0.4, -0.2) is 15.0 Å². The molecule has 1 heterocycles. The molecular weight excluding hydrogens is 289 g/mol. The predicted molar refractivity (Wildman–Crippen MR) is 72.3 cm³/mol. The predicted octanol–water partition coefficient (Wildman–Crippen LogP) is 2.60. The Balaban J connectivity index is 2.37. The van der Waals surface area contributed by atoms with Crippen LogP contribution in [0.5, 0.6) is 5.75 Å². The van der Waals surface area contributed by atoms with Crippen LogP contribution in [0.15, 0.2) is 34.5 Å². The molecule has 0 atom stereocenters. The van der Waals surface area contributed by atoms with Gasteiger partial charge in [-0.25, -0.2) is 17.9 Å². The van der Waals surface area contributed by atoms with Gasteiger partial charge in [0.05, 0.1) is 6.61 Å². The van der Waals surface area contributed by atoms with E-state index < -0.39 is 15.8 Å². The van der Waals surface area contributed by atoms with Gasteiger partial charge in [0.1, 0.15) is 4.21 Å². The van der Waals surface area contributed by atoms with Crippen molar-refractivity contribution in [1.82, 2.24) is 0 Å². The molecule has 0 aliphatic heterocycles.